The third kappa shape index (κ3) is 2.29. The molecule has 1 fully saturated rings. The van der Waals surface area contributed by atoms with Gasteiger partial charge in [-0.15, -0.1) is 0 Å². The molecule has 0 aliphatic heterocycles. The molecule has 4 nitrogen and oxygen atoms in total. The van der Waals surface area contributed by atoms with Crippen molar-refractivity contribution in [3.63, 3.8) is 0 Å². The van der Waals surface area contributed by atoms with Crippen molar-refractivity contribution >= 4 is 17.6 Å². The lowest BCUT2D eigenvalue weighted by Gasteiger charge is -2.35. The molecule has 1 aliphatic carbocycles. The van der Waals surface area contributed by atoms with E-state index in [0.717, 1.165) is 0 Å². The van der Waals surface area contributed by atoms with Gasteiger partial charge in [-0.05, 0) is 12.8 Å². The van der Waals surface area contributed by atoms with Crippen LogP contribution in [0.15, 0.2) is 12.4 Å². The molecule has 0 atom stereocenters. The molecular formula is C11H11ClF2N2O2. The van der Waals surface area contributed by atoms with Gasteiger partial charge < -0.3 is 5.11 Å². The van der Waals surface area contributed by atoms with Crippen LogP contribution in [0.25, 0.3) is 0 Å². The van der Waals surface area contributed by atoms with Crippen molar-refractivity contribution in [3.05, 3.63) is 23.2 Å². The fourth-order valence-electron chi connectivity index (χ4n) is 2.19. The number of aliphatic carboxylic acids is 1. The Labute approximate surface area is 107 Å². The van der Waals surface area contributed by atoms with Crippen molar-refractivity contribution in [2.24, 2.45) is 0 Å². The minimum absolute atomic E-state index is 0.0606. The molecule has 7 heteroatoms. The molecule has 0 saturated heterocycles. The van der Waals surface area contributed by atoms with Crippen LogP contribution in [0, 0.1) is 0 Å². The third-order valence-electron chi connectivity index (χ3n) is 3.34. The highest BCUT2D eigenvalue weighted by atomic mass is 35.5. The number of carboxylic acid groups (broad SMARTS) is 1. The maximum Gasteiger partial charge on any atom is 0.315 e. The Morgan fingerprint density at radius 1 is 1.28 bits per heavy atom. The molecule has 2 rings (SSSR count). The van der Waals surface area contributed by atoms with Crippen molar-refractivity contribution in [3.8, 4) is 0 Å². The van der Waals surface area contributed by atoms with Crippen LogP contribution in [0.2, 0.25) is 5.15 Å². The number of hydrogen-bond acceptors (Lipinski definition) is 3. The summed E-state index contributed by atoms with van der Waals surface area (Å²) in [5.74, 6) is -3.96. The fourth-order valence-corrected chi connectivity index (χ4v) is 2.34. The summed E-state index contributed by atoms with van der Waals surface area (Å²) in [6.45, 7) is 0. The van der Waals surface area contributed by atoms with Gasteiger partial charge in [0.15, 0.2) is 0 Å². The van der Waals surface area contributed by atoms with E-state index in [9.17, 15) is 18.7 Å². The summed E-state index contributed by atoms with van der Waals surface area (Å²) in [6, 6.07) is 0. The van der Waals surface area contributed by atoms with E-state index in [1.165, 1.54) is 12.4 Å². The average Bonchev–Trinajstić information content (AvgIpc) is 2.29. The predicted molar refractivity (Wildman–Crippen MR) is 59.8 cm³/mol. The van der Waals surface area contributed by atoms with Gasteiger partial charge in [-0.3, -0.25) is 9.78 Å². The summed E-state index contributed by atoms with van der Waals surface area (Å²) >= 11 is 5.67. The zero-order valence-corrected chi connectivity index (χ0v) is 10.1. The van der Waals surface area contributed by atoms with Crippen LogP contribution in [0.1, 0.15) is 31.4 Å². The van der Waals surface area contributed by atoms with Crippen LogP contribution < -0.4 is 0 Å². The summed E-state index contributed by atoms with van der Waals surface area (Å²) in [7, 11) is 0. The van der Waals surface area contributed by atoms with E-state index in [1.54, 1.807) is 0 Å². The molecule has 1 aromatic heterocycles. The predicted octanol–water partition coefficient (Wildman–Crippen LogP) is 2.66. The molecule has 0 unspecified atom stereocenters. The van der Waals surface area contributed by atoms with Gasteiger partial charge >= 0.3 is 5.97 Å². The summed E-state index contributed by atoms with van der Waals surface area (Å²) in [6.07, 6.45) is 1.30. The van der Waals surface area contributed by atoms with Crippen LogP contribution in [-0.2, 0) is 10.2 Å². The lowest BCUT2D eigenvalue weighted by molar-refractivity contribution is -0.149. The molecule has 1 N–H and O–H groups in total. The molecular weight excluding hydrogens is 266 g/mol. The molecule has 1 aliphatic rings. The molecule has 18 heavy (non-hydrogen) atoms. The molecule has 0 radical (unpaired) electrons. The number of aromatic nitrogens is 2. The summed E-state index contributed by atoms with van der Waals surface area (Å²) in [5, 5.41) is 9.41. The molecule has 98 valence electrons. The van der Waals surface area contributed by atoms with E-state index in [4.69, 9.17) is 11.6 Å². The summed E-state index contributed by atoms with van der Waals surface area (Å²) < 4.78 is 26.3. The largest absolute Gasteiger partial charge is 0.481 e. The van der Waals surface area contributed by atoms with Crippen LogP contribution in [0.3, 0.4) is 0 Å². The molecule has 0 aromatic carbocycles. The second kappa shape index (κ2) is 4.42. The Balaban J connectivity index is 2.38. The Hall–Kier alpha value is -1.30. The lowest BCUT2D eigenvalue weighted by Crippen LogP contribution is -2.43. The minimum atomic E-state index is -2.80. The highest BCUT2D eigenvalue weighted by Crippen LogP contribution is 2.45. The minimum Gasteiger partial charge on any atom is -0.481 e. The van der Waals surface area contributed by atoms with E-state index >= 15 is 0 Å². The van der Waals surface area contributed by atoms with Gasteiger partial charge in [0, 0.05) is 19.0 Å². The van der Waals surface area contributed by atoms with Gasteiger partial charge in [0.25, 0.3) is 0 Å². The smallest absolute Gasteiger partial charge is 0.315 e. The molecule has 1 heterocycles. The van der Waals surface area contributed by atoms with Gasteiger partial charge in [-0.2, -0.15) is 0 Å². The maximum absolute atomic E-state index is 13.2. The summed E-state index contributed by atoms with van der Waals surface area (Å²) in [5.41, 5.74) is -1.25. The molecule has 1 saturated carbocycles. The van der Waals surface area contributed by atoms with E-state index < -0.39 is 30.1 Å². The number of alkyl halides is 2. The second-order valence-electron chi connectivity index (χ2n) is 4.47. The first-order chi connectivity index (χ1) is 8.36. The number of nitrogens with zero attached hydrogens (tertiary/aromatic N) is 2. The molecule has 0 bridgehead atoms. The van der Waals surface area contributed by atoms with Crippen molar-refractivity contribution in [2.75, 3.05) is 0 Å². The Bertz CT molecular complexity index is 472. The first-order valence-corrected chi connectivity index (χ1v) is 5.83. The van der Waals surface area contributed by atoms with Gasteiger partial charge in [0.1, 0.15) is 10.6 Å². The van der Waals surface area contributed by atoms with Gasteiger partial charge in [0.2, 0.25) is 5.92 Å². The van der Waals surface area contributed by atoms with E-state index in [-0.39, 0.29) is 23.7 Å². The number of hydrogen-bond donors (Lipinski definition) is 1. The summed E-state index contributed by atoms with van der Waals surface area (Å²) in [4.78, 5) is 19.1. The van der Waals surface area contributed by atoms with E-state index in [2.05, 4.69) is 9.97 Å². The number of carboxylic acids is 1. The highest BCUT2D eigenvalue weighted by molar-refractivity contribution is 6.29. The second-order valence-corrected chi connectivity index (χ2v) is 4.86. The van der Waals surface area contributed by atoms with Gasteiger partial charge in [-0.25, -0.2) is 13.8 Å². The number of rotatable bonds is 2. The van der Waals surface area contributed by atoms with E-state index in [0.29, 0.717) is 0 Å². The SMILES string of the molecule is O=C(O)C1(c2cncc(Cl)n2)CCC(F)(F)CC1. The molecule has 0 amide bonds. The van der Waals surface area contributed by atoms with Gasteiger partial charge in [-0.1, -0.05) is 11.6 Å². The normalized spacial score (nSPS) is 21.5. The van der Waals surface area contributed by atoms with Crippen LogP contribution in [-0.4, -0.2) is 27.0 Å². The molecule has 1 aromatic rings. The zero-order valence-electron chi connectivity index (χ0n) is 9.37. The fraction of sp³-hybridized carbons (Fsp3) is 0.545. The maximum atomic E-state index is 13.2. The third-order valence-corrected chi connectivity index (χ3v) is 3.52. The van der Waals surface area contributed by atoms with Crippen LogP contribution in [0.4, 0.5) is 8.78 Å². The Morgan fingerprint density at radius 2 is 1.89 bits per heavy atom. The average molecular weight is 277 g/mol. The Kier molecular flexibility index (Phi) is 3.23. The topological polar surface area (TPSA) is 63.1 Å². The number of carbonyl (C=O) groups is 1. The monoisotopic (exact) mass is 276 g/mol. The Morgan fingerprint density at radius 3 is 2.39 bits per heavy atom. The molecule has 0 spiro atoms. The quantitative estimate of drug-likeness (QED) is 0.902. The zero-order chi connectivity index (χ0) is 13.4. The first kappa shape index (κ1) is 13.1. The van der Waals surface area contributed by atoms with Crippen molar-refractivity contribution in [1.29, 1.82) is 0 Å². The van der Waals surface area contributed by atoms with Crippen molar-refractivity contribution in [2.45, 2.75) is 37.0 Å². The first-order valence-electron chi connectivity index (χ1n) is 5.45. The standard InChI is InChI=1S/C11H11ClF2N2O2/c12-8-6-15-5-7(16-8)10(9(17)18)1-3-11(13,14)4-2-10/h5-6H,1-4H2,(H,17,18). The van der Waals surface area contributed by atoms with Crippen LogP contribution >= 0.6 is 11.6 Å². The van der Waals surface area contributed by atoms with Crippen molar-refractivity contribution in [1.82, 2.24) is 9.97 Å². The number of halogens is 3. The van der Waals surface area contributed by atoms with Crippen molar-refractivity contribution < 1.29 is 18.7 Å². The highest BCUT2D eigenvalue weighted by Gasteiger charge is 2.50. The van der Waals surface area contributed by atoms with Gasteiger partial charge in [0.05, 0.1) is 11.9 Å². The van der Waals surface area contributed by atoms with Crippen LogP contribution in [0.5, 0.6) is 0 Å². The lowest BCUT2D eigenvalue weighted by atomic mass is 9.70. The van der Waals surface area contributed by atoms with E-state index in [1.807, 2.05) is 0 Å².